The van der Waals surface area contributed by atoms with E-state index in [1.165, 1.54) is 37.4 Å². The first-order chi connectivity index (χ1) is 7.83. The highest BCUT2D eigenvalue weighted by atomic mass is 35.5. The first-order valence-electron chi connectivity index (χ1n) is 6.38. The molecule has 0 aliphatic carbocycles. The van der Waals surface area contributed by atoms with E-state index in [1.807, 2.05) is 7.11 Å². The van der Waals surface area contributed by atoms with Crippen molar-refractivity contribution in [1.82, 2.24) is 4.90 Å². The summed E-state index contributed by atoms with van der Waals surface area (Å²) in [5.41, 5.74) is 5.88. The average Bonchev–Trinajstić information content (AvgIpc) is 2.82. The molecular formula is C12H25ClN2OS. The maximum atomic E-state index is 5.88. The van der Waals surface area contributed by atoms with Crippen molar-refractivity contribution in [1.29, 1.82) is 0 Å². The molecule has 0 spiro atoms. The molecule has 0 aromatic heterocycles. The van der Waals surface area contributed by atoms with Crippen LogP contribution in [0.4, 0.5) is 0 Å². The Morgan fingerprint density at radius 1 is 1.41 bits per heavy atom. The normalized spacial score (nSPS) is 34.6. The van der Waals surface area contributed by atoms with E-state index in [0.717, 1.165) is 18.9 Å². The minimum atomic E-state index is 0. The number of halogens is 1. The minimum Gasteiger partial charge on any atom is -0.381 e. The molecule has 2 saturated heterocycles. The Balaban J connectivity index is 0.00000144. The van der Waals surface area contributed by atoms with Crippen LogP contribution in [0.1, 0.15) is 19.3 Å². The number of methoxy groups -OCH3 is 1. The molecule has 2 aliphatic rings. The molecule has 0 radical (unpaired) electrons. The first kappa shape index (κ1) is 15.6. The van der Waals surface area contributed by atoms with Gasteiger partial charge < -0.3 is 10.5 Å². The van der Waals surface area contributed by atoms with Gasteiger partial charge in [-0.05, 0) is 36.7 Å². The predicted molar refractivity (Wildman–Crippen MR) is 77.1 cm³/mol. The van der Waals surface area contributed by atoms with Crippen molar-refractivity contribution in [3.8, 4) is 0 Å². The largest absolute Gasteiger partial charge is 0.381 e. The Kier molecular flexibility index (Phi) is 7.19. The zero-order valence-electron chi connectivity index (χ0n) is 10.6. The van der Waals surface area contributed by atoms with Crippen molar-refractivity contribution in [2.45, 2.75) is 31.4 Å². The van der Waals surface area contributed by atoms with Crippen LogP contribution in [0.15, 0.2) is 0 Å². The summed E-state index contributed by atoms with van der Waals surface area (Å²) in [6.45, 7) is 3.20. The van der Waals surface area contributed by atoms with Crippen LogP contribution in [-0.2, 0) is 4.74 Å². The van der Waals surface area contributed by atoms with Gasteiger partial charge >= 0.3 is 0 Å². The van der Waals surface area contributed by atoms with Crippen LogP contribution in [0, 0.1) is 5.92 Å². The molecule has 0 amide bonds. The van der Waals surface area contributed by atoms with Gasteiger partial charge in [-0.15, -0.1) is 12.4 Å². The highest BCUT2D eigenvalue weighted by Gasteiger charge is 2.29. The van der Waals surface area contributed by atoms with E-state index >= 15 is 0 Å². The van der Waals surface area contributed by atoms with Gasteiger partial charge in [-0.25, -0.2) is 0 Å². The van der Waals surface area contributed by atoms with Gasteiger partial charge in [0.15, 0.2) is 0 Å². The molecule has 2 N–H and O–H groups in total. The third-order valence-electron chi connectivity index (χ3n) is 3.91. The Bertz CT molecular complexity index is 215. The molecule has 3 atom stereocenters. The highest BCUT2D eigenvalue weighted by Crippen LogP contribution is 2.27. The van der Waals surface area contributed by atoms with E-state index in [1.54, 1.807) is 0 Å². The quantitative estimate of drug-likeness (QED) is 0.849. The smallest absolute Gasteiger partial charge is 0.0599 e. The Morgan fingerprint density at radius 2 is 2.24 bits per heavy atom. The Labute approximate surface area is 115 Å². The molecule has 5 heteroatoms. The van der Waals surface area contributed by atoms with E-state index in [4.69, 9.17) is 10.5 Å². The van der Waals surface area contributed by atoms with Crippen molar-refractivity contribution < 1.29 is 4.74 Å². The number of hydrogen-bond donors (Lipinski definition) is 1. The summed E-state index contributed by atoms with van der Waals surface area (Å²) < 4.78 is 5.46. The number of ether oxygens (including phenoxy) is 1. The lowest BCUT2D eigenvalue weighted by Crippen LogP contribution is -2.50. The van der Waals surface area contributed by atoms with E-state index in [-0.39, 0.29) is 12.4 Å². The molecule has 2 fully saturated rings. The lowest BCUT2D eigenvalue weighted by molar-refractivity contribution is 0.00895. The van der Waals surface area contributed by atoms with Crippen molar-refractivity contribution in [3.63, 3.8) is 0 Å². The van der Waals surface area contributed by atoms with E-state index in [0.29, 0.717) is 12.1 Å². The summed E-state index contributed by atoms with van der Waals surface area (Å²) in [4.78, 5) is 2.60. The molecule has 0 aromatic rings. The molecule has 2 heterocycles. The lowest BCUT2D eigenvalue weighted by atomic mass is 9.97. The second-order valence-corrected chi connectivity index (χ2v) is 6.15. The summed E-state index contributed by atoms with van der Waals surface area (Å²) in [7, 11) is 1.82. The maximum absolute atomic E-state index is 5.88. The summed E-state index contributed by atoms with van der Waals surface area (Å²) in [6, 6.07) is 0.546. The van der Waals surface area contributed by atoms with Gasteiger partial charge in [0.05, 0.1) is 6.10 Å². The van der Waals surface area contributed by atoms with Crippen LogP contribution in [0.3, 0.4) is 0 Å². The number of nitrogens with zero attached hydrogens (tertiary/aromatic N) is 1. The van der Waals surface area contributed by atoms with Crippen LogP contribution in [-0.4, -0.2) is 55.3 Å². The zero-order valence-corrected chi connectivity index (χ0v) is 12.3. The van der Waals surface area contributed by atoms with Gasteiger partial charge in [-0.1, -0.05) is 0 Å². The molecule has 2 rings (SSSR count). The molecule has 17 heavy (non-hydrogen) atoms. The van der Waals surface area contributed by atoms with Crippen LogP contribution in [0.25, 0.3) is 0 Å². The fraction of sp³-hybridized carbons (Fsp3) is 1.00. The number of rotatable bonds is 4. The molecule has 0 aromatic carbocycles. The van der Waals surface area contributed by atoms with Crippen molar-refractivity contribution in [2.75, 3.05) is 38.2 Å². The minimum absolute atomic E-state index is 0. The van der Waals surface area contributed by atoms with E-state index < -0.39 is 0 Å². The SMILES string of the molecule is COC1CCN(CC2CCSC2)C(CN)C1.Cl. The molecule has 2 aliphatic heterocycles. The Hall–Kier alpha value is 0.520. The summed E-state index contributed by atoms with van der Waals surface area (Å²) in [5, 5.41) is 0. The molecule has 0 bridgehead atoms. The fourth-order valence-electron chi connectivity index (χ4n) is 2.82. The van der Waals surface area contributed by atoms with Crippen LogP contribution in [0.2, 0.25) is 0 Å². The van der Waals surface area contributed by atoms with Crippen LogP contribution in [0.5, 0.6) is 0 Å². The monoisotopic (exact) mass is 280 g/mol. The van der Waals surface area contributed by atoms with Gasteiger partial charge in [-0.3, -0.25) is 4.90 Å². The predicted octanol–water partition coefficient (Wildman–Crippen LogP) is 1.60. The van der Waals surface area contributed by atoms with E-state index in [9.17, 15) is 0 Å². The summed E-state index contributed by atoms with van der Waals surface area (Å²) in [6.07, 6.45) is 4.12. The first-order valence-corrected chi connectivity index (χ1v) is 7.53. The molecule has 3 nitrogen and oxygen atoms in total. The van der Waals surface area contributed by atoms with Gasteiger partial charge in [0.1, 0.15) is 0 Å². The number of hydrogen-bond acceptors (Lipinski definition) is 4. The number of nitrogens with two attached hydrogens (primary N) is 1. The van der Waals surface area contributed by atoms with Gasteiger partial charge in [0.2, 0.25) is 0 Å². The van der Waals surface area contributed by atoms with Gasteiger partial charge in [-0.2, -0.15) is 11.8 Å². The van der Waals surface area contributed by atoms with Crippen molar-refractivity contribution in [3.05, 3.63) is 0 Å². The van der Waals surface area contributed by atoms with Gasteiger partial charge in [0.25, 0.3) is 0 Å². The second-order valence-electron chi connectivity index (χ2n) is 5.00. The Morgan fingerprint density at radius 3 is 2.82 bits per heavy atom. The van der Waals surface area contributed by atoms with Gasteiger partial charge in [0, 0.05) is 32.8 Å². The number of thioether (sulfide) groups is 1. The molecule has 0 saturated carbocycles. The molecular weight excluding hydrogens is 256 g/mol. The standard InChI is InChI=1S/C12H24N2OS.ClH/c1-15-12-2-4-14(11(6-12)7-13)8-10-3-5-16-9-10;/h10-12H,2-9,13H2,1H3;1H. The maximum Gasteiger partial charge on any atom is 0.0599 e. The third-order valence-corrected chi connectivity index (χ3v) is 5.14. The molecule has 3 unspecified atom stereocenters. The van der Waals surface area contributed by atoms with Crippen LogP contribution < -0.4 is 5.73 Å². The fourth-order valence-corrected chi connectivity index (χ4v) is 4.09. The number of likely N-dealkylation sites (tertiary alicyclic amines) is 1. The summed E-state index contributed by atoms with van der Waals surface area (Å²) >= 11 is 2.10. The lowest BCUT2D eigenvalue weighted by Gasteiger charge is -2.39. The van der Waals surface area contributed by atoms with E-state index in [2.05, 4.69) is 16.7 Å². The van der Waals surface area contributed by atoms with Crippen LogP contribution >= 0.6 is 24.2 Å². The second kappa shape index (κ2) is 7.85. The summed E-state index contributed by atoms with van der Waals surface area (Å²) in [5.74, 6) is 3.60. The topological polar surface area (TPSA) is 38.5 Å². The third kappa shape index (κ3) is 4.28. The zero-order chi connectivity index (χ0) is 11.4. The average molecular weight is 281 g/mol. The van der Waals surface area contributed by atoms with Crippen molar-refractivity contribution >= 4 is 24.2 Å². The number of piperidine rings is 1. The molecule has 102 valence electrons. The highest BCUT2D eigenvalue weighted by molar-refractivity contribution is 7.99. The van der Waals surface area contributed by atoms with Crippen molar-refractivity contribution in [2.24, 2.45) is 11.7 Å².